The van der Waals surface area contributed by atoms with Crippen LogP contribution in [0.3, 0.4) is 0 Å². The summed E-state index contributed by atoms with van der Waals surface area (Å²) in [6, 6.07) is 5.93. The third-order valence-corrected chi connectivity index (χ3v) is 5.59. The zero-order valence-corrected chi connectivity index (χ0v) is 15.2. The highest BCUT2D eigenvalue weighted by Crippen LogP contribution is 2.23. The van der Waals surface area contributed by atoms with Gasteiger partial charge in [-0.15, -0.1) is 0 Å². The predicted octanol–water partition coefficient (Wildman–Crippen LogP) is 2.61. The molecule has 6 nitrogen and oxygen atoms in total. The summed E-state index contributed by atoms with van der Waals surface area (Å²) < 4.78 is 0. The molecule has 138 valence electrons. The third kappa shape index (κ3) is 3.74. The Morgan fingerprint density at radius 2 is 2.15 bits per heavy atom. The van der Waals surface area contributed by atoms with Gasteiger partial charge in [-0.1, -0.05) is 12.5 Å². The van der Waals surface area contributed by atoms with Crippen LogP contribution in [0, 0.1) is 5.92 Å². The van der Waals surface area contributed by atoms with E-state index >= 15 is 0 Å². The number of aromatic amines is 1. The molecular formula is C20H27N5O. The summed E-state index contributed by atoms with van der Waals surface area (Å²) in [6.45, 7) is 2.24. The molecule has 0 aromatic carbocycles. The largest absolute Gasteiger partial charge is 0.356 e. The normalized spacial score (nSPS) is 20.3. The zero-order valence-electron chi connectivity index (χ0n) is 15.2. The molecule has 1 fully saturated rings. The molecule has 0 spiro atoms. The van der Waals surface area contributed by atoms with Crippen molar-refractivity contribution < 1.29 is 4.79 Å². The van der Waals surface area contributed by atoms with Crippen LogP contribution in [0.2, 0.25) is 0 Å². The van der Waals surface area contributed by atoms with Crippen molar-refractivity contribution in [3.63, 3.8) is 0 Å². The number of hydrogen-bond acceptors (Lipinski definition) is 4. The lowest BCUT2D eigenvalue weighted by Crippen LogP contribution is -2.43. The average Bonchev–Trinajstić information content (AvgIpc) is 2.93. The van der Waals surface area contributed by atoms with Crippen molar-refractivity contribution in [2.24, 2.45) is 5.92 Å². The molecule has 0 bridgehead atoms. The minimum atomic E-state index is 0.0169. The van der Waals surface area contributed by atoms with E-state index in [0.29, 0.717) is 6.54 Å². The van der Waals surface area contributed by atoms with Gasteiger partial charge in [-0.25, -0.2) is 4.98 Å². The van der Waals surface area contributed by atoms with Crippen LogP contribution in [0.15, 0.2) is 24.4 Å². The predicted molar refractivity (Wildman–Crippen MR) is 101 cm³/mol. The standard InChI is InChI=1S/C20H27N5O/c26-20(15-7-6-12-25(14-15)19-10-4-5-11-21-19)22-13-18-16-8-2-1-3-9-17(16)23-24-18/h4-5,10-11,15H,1-3,6-9,12-14H2,(H,22,26)(H,23,24)/t15-/m0/s1. The first-order valence-corrected chi connectivity index (χ1v) is 9.80. The molecule has 1 aliphatic heterocycles. The minimum absolute atomic E-state index is 0.0169. The number of carbonyl (C=O) groups excluding carboxylic acids is 1. The SMILES string of the molecule is O=C(NCc1n[nH]c2c1CCCCC2)[C@H]1CCCN(c2ccccn2)C1. The Morgan fingerprint density at radius 3 is 3.04 bits per heavy atom. The highest BCUT2D eigenvalue weighted by molar-refractivity contribution is 5.79. The van der Waals surface area contributed by atoms with Gasteiger partial charge in [0.15, 0.2) is 0 Å². The van der Waals surface area contributed by atoms with Crippen LogP contribution in [-0.2, 0) is 24.2 Å². The molecule has 6 heteroatoms. The molecule has 26 heavy (non-hydrogen) atoms. The Hall–Kier alpha value is -2.37. The fourth-order valence-corrected chi connectivity index (χ4v) is 4.13. The van der Waals surface area contributed by atoms with Crippen LogP contribution in [-0.4, -0.2) is 34.2 Å². The first-order valence-electron chi connectivity index (χ1n) is 9.80. The summed E-state index contributed by atoms with van der Waals surface area (Å²) in [5.41, 5.74) is 3.62. The molecule has 0 unspecified atom stereocenters. The van der Waals surface area contributed by atoms with Crippen molar-refractivity contribution in [1.82, 2.24) is 20.5 Å². The van der Waals surface area contributed by atoms with Crippen LogP contribution >= 0.6 is 0 Å². The van der Waals surface area contributed by atoms with Gasteiger partial charge < -0.3 is 10.2 Å². The topological polar surface area (TPSA) is 73.9 Å². The number of hydrogen-bond donors (Lipinski definition) is 2. The van der Waals surface area contributed by atoms with E-state index < -0.39 is 0 Å². The molecular weight excluding hydrogens is 326 g/mol. The lowest BCUT2D eigenvalue weighted by molar-refractivity contribution is -0.125. The van der Waals surface area contributed by atoms with E-state index in [9.17, 15) is 4.79 Å². The highest BCUT2D eigenvalue weighted by atomic mass is 16.1. The van der Waals surface area contributed by atoms with Gasteiger partial charge >= 0.3 is 0 Å². The van der Waals surface area contributed by atoms with Crippen LogP contribution in [0.1, 0.15) is 49.1 Å². The Bertz CT molecular complexity index is 742. The van der Waals surface area contributed by atoms with Gasteiger partial charge in [-0.3, -0.25) is 9.89 Å². The molecule has 0 saturated carbocycles. The van der Waals surface area contributed by atoms with Gasteiger partial charge in [0, 0.05) is 25.0 Å². The van der Waals surface area contributed by atoms with Gasteiger partial charge in [0.1, 0.15) is 5.82 Å². The number of H-pyrrole nitrogens is 1. The maximum Gasteiger partial charge on any atom is 0.225 e. The van der Waals surface area contributed by atoms with E-state index in [1.807, 2.05) is 24.4 Å². The number of rotatable bonds is 4. The second kappa shape index (κ2) is 7.89. The van der Waals surface area contributed by atoms with Crippen molar-refractivity contribution in [2.45, 2.75) is 51.5 Å². The van der Waals surface area contributed by atoms with E-state index in [4.69, 9.17) is 0 Å². The van der Waals surface area contributed by atoms with E-state index in [1.54, 1.807) is 0 Å². The lowest BCUT2D eigenvalue weighted by atomic mass is 9.97. The van der Waals surface area contributed by atoms with E-state index in [2.05, 4.69) is 25.4 Å². The van der Waals surface area contributed by atoms with E-state index in [-0.39, 0.29) is 11.8 Å². The number of nitrogens with zero attached hydrogens (tertiary/aromatic N) is 3. The number of pyridine rings is 1. The van der Waals surface area contributed by atoms with Crippen LogP contribution in [0.5, 0.6) is 0 Å². The number of aryl methyl sites for hydroxylation is 1. The summed E-state index contributed by atoms with van der Waals surface area (Å²) in [6.07, 6.45) is 9.65. The number of anilines is 1. The summed E-state index contributed by atoms with van der Waals surface area (Å²) in [7, 11) is 0. The van der Waals surface area contributed by atoms with Crippen molar-refractivity contribution in [1.29, 1.82) is 0 Å². The number of fused-ring (bicyclic) bond motifs is 1. The Labute approximate surface area is 154 Å². The van der Waals surface area contributed by atoms with Crippen molar-refractivity contribution in [3.8, 4) is 0 Å². The molecule has 3 heterocycles. The van der Waals surface area contributed by atoms with Crippen LogP contribution < -0.4 is 10.2 Å². The summed E-state index contributed by atoms with van der Waals surface area (Å²) in [5, 5.41) is 10.8. The van der Waals surface area contributed by atoms with Gasteiger partial charge in [0.25, 0.3) is 0 Å². The zero-order chi connectivity index (χ0) is 17.8. The van der Waals surface area contributed by atoms with Crippen LogP contribution in [0.4, 0.5) is 5.82 Å². The fraction of sp³-hybridized carbons (Fsp3) is 0.550. The molecule has 2 N–H and O–H groups in total. The molecule has 0 radical (unpaired) electrons. The first-order chi connectivity index (χ1) is 12.8. The first kappa shape index (κ1) is 17.1. The maximum absolute atomic E-state index is 12.7. The monoisotopic (exact) mass is 353 g/mol. The van der Waals surface area contributed by atoms with Gasteiger partial charge in [-0.2, -0.15) is 5.10 Å². The van der Waals surface area contributed by atoms with E-state index in [0.717, 1.165) is 50.3 Å². The fourth-order valence-electron chi connectivity index (χ4n) is 4.13. The second-order valence-electron chi connectivity index (χ2n) is 7.38. The minimum Gasteiger partial charge on any atom is -0.356 e. The lowest BCUT2D eigenvalue weighted by Gasteiger charge is -2.32. The molecule has 2 aliphatic rings. The van der Waals surface area contributed by atoms with Crippen molar-refractivity contribution in [2.75, 3.05) is 18.0 Å². The molecule has 2 aromatic rings. The summed E-state index contributed by atoms with van der Waals surface area (Å²) >= 11 is 0. The molecule has 4 rings (SSSR count). The number of amides is 1. The quantitative estimate of drug-likeness (QED) is 0.829. The molecule has 1 aliphatic carbocycles. The Morgan fingerprint density at radius 1 is 1.23 bits per heavy atom. The summed E-state index contributed by atoms with van der Waals surface area (Å²) in [4.78, 5) is 19.3. The third-order valence-electron chi connectivity index (χ3n) is 5.59. The smallest absolute Gasteiger partial charge is 0.225 e. The maximum atomic E-state index is 12.7. The van der Waals surface area contributed by atoms with Crippen molar-refractivity contribution >= 4 is 11.7 Å². The average molecular weight is 353 g/mol. The number of aromatic nitrogens is 3. The highest BCUT2D eigenvalue weighted by Gasteiger charge is 2.26. The van der Waals surface area contributed by atoms with E-state index in [1.165, 1.54) is 30.5 Å². The number of piperidine rings is 1. The van der Waals surface area contributed by atoms with Gasteiger partial charge in [0.05, 0.1) is 18.2 Å². The molecule has 2 aromatic heterocycles. The Kier molecular flexibility index (Phi) is 5.18. The summed E-state index contributed by atoms with van der Waals surface area (Å²) in [5.74, 6) is 1.11. The molecule has 1 saturated heterocycles. The molecule has 1 amide bonds. The number of nitrogens with one attached hydrogen (secondary N) is 2. The van der Waals surface area contributed by atoms with Crippen molar-refractivity contribution in [3.05, 3.63) is 41.3 Å². The second-order valence-corrected chi connectivity index (χ2v) is 7.38. The van der Waals surface area contributed by atoms with Crippen LogP contribution in [0.25, 0.3) is 0 Å². The van der Waals surface area contributed by atoms with Gasteiger partial charge in [-0.05, 0) is 56.2 Å². The van der Waals surface area contributed by atoms with Gasteiger partial charge in [0.2, 0.25) is 5.91 Å². The number of carbonyl (C=O) groups is 1. The molecule has 1 atom stereocenters. The Balaban J connectivity index is 1.36.